The van der Waals surface area contributed by atoms with Crippen LogP contribution in [0.25, 0.3) is 11.1 Å². The quantitative estimate of drug-likeness (QED) is 0.481. The maximum absolute atomic E-state index is 11.7. The summed E-state index contributed by atoms with van der Waals surface area (Å²) >= 11 is 0. The monoisotopic (exact) mass is 257 g/mol. The molecule has 2 aromatic rings. The predicted molar refractivity (Wildman–Crippen MR) is 69.9 cm³/mol. The van der Waals surface area contributed by atoms with Crippen LogP contribution in [0.5, 0.6) is 0 Å². The van der Waals surface area contributed by atoms with E-state index in [9.17, 15) is 14.9 Å². The van der Waals surface area contributed by atoms with Crippen LogP contribution in [0.2, 0.25) is 0 Å². The average Bonchev–Trinajstić information content (AvgIpc) is 2.46. The molecule has 96 valence electrons. The van der Waals surface area contributed by atoms with E-state index in [1.165, 1.54) is 19.2 Å². The van der Waals surface area contributed by atoms with Crippen molar-refractivity contribution >= 4 is 11.7 Å². The van der Waals surface area contributed by atoms with Gasteiger partial charge in [0.05, 0.1) is 17.6 Å². The first-order valence-corrected chi connectivity index (χ1v) is 5.55. The largest absolute Gasteiger partial charge is 0.465 e. The average molecular weight is 257 g/mol. The Hall–Kier alpha value is -2.69. The van der Waals surface area contributed by atoms with Crippen LogP contribution in [0.1, 0.15) is 10.4 Å². The zero-order valence-corrected chi connectivity index (χ0v) is 10.2. The number of ether oxygens (including phenoxy) is 1. The zero-order valence-electron chi connectivity index (χ0n) is 10.2. The molecule has 0 heterocycles. The van der Waals surface area contributed by atoms with Crippen molar-refractivity contribution in [2.24, 2.45) is 0 Å². The predicted octanol–water partition coefficient (Wildman–Crippen LogP) is 3.05. The third-order valence-electron chi connectivity index (χ3n) is 2.72. The molecule has 0 unspecified atom stereocenters. The number of benzene rings is 2. The Morgan fingerprint density at radius 3 is 2.32 bits per heavy atom. The van der Waals surface area contributed by atoms with Gasteiger partial charge in [-0.15, -0.1) is 0 Å². The van der Waals surface area contributed by atoms with Gasteiger partial charge in [-0.2, -0.15) is 0 Å². The van der Waals surface area contributed by atoms with Gasteiger partial charge in [-0.3, -0.25) is 10.1 Å². The molecule has 5 nitrogen and oxygen atoms in total. The van der Waals surface area contributed by atoms with E-state index in [1.54, 1.807) is 36.4 Å². The number of hydrogen-bond donors (Lipinski definition) is 0. The Kier molecular flexibility index (Phi) is 3.56. The molecule has 19 heavy (non-hydrogen) atoms. The maximum Gasteiger partial charge on any atom is 0.338 e. The number of rotatable bonds is 3. The molecular weight excluding hydrogens is 246 g/mol. The SMILES string of the molecule is COC(=O)c1ccccc1-c1ccc([N+](=O)[O-])cc1. The molecular formula is C14H11NO4. The van der Waals surface area contributed by atoms with Gasteiger partial charge in [-0.1, -0.05) is 18.2 Å². The normalized spacial score (nSPS) is 9.95. The fourth-order valence-corrected chi connectivity index (χ4v) is 1.79. The lowest BCUT2D eigenvalue weighted by atomic mass is 9.99. The van der Waals surface area contributed by atoms with Crippen LogP contribution in [-0.4, -0.2) is 18.0 Å². The van der Waals surface area contributed by atoms with E-state index in [0.29, 0.717) is 11.1 Å². The van der Waals surface area contributed by atoms with Gasteiger partial charge in [0.2, 0.25) is 0 Å². The lowest BCUT2D eigenvalue weighted by Gasteiger charge is -2.07. The van der Waals surface area contributed by atoms with Crippen molar-refractivity contribution in [3.8, 4) is 11.1 Å². The highest BCUT2D eigenvalue weighted by Gasteiger charge is 2.13. The molecule has 0 aromatic heterocycles. The van der Waals surface area contributed by atoms with E-state index >= 15 is 0 Å². The number of nitro benzene ring substituents is 1. The lowest BCUT2D eigenvalue weighted by Crippen LogP contribution is -2.03. The van der Waals surface area contributed by atoms with E-state index in [-0.39, 0.29) is 5.69 Å². The number of hydrogen-bond acceptors (Lipinski definition) is 4. The summed E-state index contributed by atoms with van der Waals surface area (Å²) in [6.45, 7) is 0. The Morgan fingerprint density at radius 2 is 1.74 bits per heavy atom. The molecule has 5 heteroatoms. The van der Waals surface area contributed by atoms with Crippen LogP contribution in [-0.2, 0) is 4.74 Å². The number of nitro groups is 1. The van der Waals surface area contributed by atoms with Gasteiger partial charge in [0.15, 0.2) is 0 Å². The van der Waals surface area contributed by atoms with Gasteiger partial charge in [-0.25, -0.2) is 4.79 Å². The maximum atomic E-state index is 11.7. The Balaban J connectivity index is 2.47. The second kappa shape index (κ2) is 5.30. The van der Waals surface area contributed by atoms with E-state index in [4.69, 9.17) is 4.74 Å². The second-order valence-corrected chi connectivity index (χ2v) is 3.84. The van der Waals surface area contributed by atoms with Gasteiger partial charge < -0.3 is 4.74 Å². The molecule has 0 N–H and O–H groups in total. The molecule has 0 spiro atoms. The number of carbonyl (C=O) groups excluding carboxylic acids is 1. The summed E-state index contributed by atoms with van der Waals surface area (Å²) in [6.07, 6.45) is 0. The van der Waals surface area contributed by atoms with Crippen LogP contribution in [0.15, 0.2) is 48.5 Å². The first kappa shape index (κ1) is 12.8. The van der Waals surface area contributed by atoms with Crippen LogP contribution in [0.4, 0.5) is 5.69 Å². The molecule has 0 bridgehead atoms. The smallest absolute Gasteiger partial charge is 0.338 e. The number of carbonyl (C=O) groups is 1. The van der Waals surface area contributed by atoms with Crippen molar-refractivity contribution in [2.75, 3.05) is 7.11 Å². The summed E-state index contributed by atoms with van der Waals surface area (Å²) < 4.78 is 4.71. The summed E-state index contributed by atoms with van der Waals surface area (Å²) in [6, 6.07) is 13.0. The number of non-ortho nitro benzene ring substituents is 1. The van der Waals surface area contributed by atoms with E-state index < -0.39 is 10.9 Å². The van der Waals surface area contributed by atoms with Crippen LogP contribution < -0.4 is 0 Å². The second-order valence-electron chi connectivity index (χ2n) is 3.84. The first-order valence-electron chi connectivity index (χ1n) is 5.55. The molecule has 0 amide bonds. The van der Waals surface area contributed by atoms with Gasteiger partial charge in [-0.05, 0) is 29.3 Å². The highest BCUT2D eigenvalue weighted by atomic mass is 16.6. The molecule has 0 fully saturated rings. The summed E-state index contributed by atoms with van der Waals surface area (Å²) in [7, 11) is 1.31. The summed E-state index contributed by atoms with van der Waals surface area (Å²) in [5.41, 5.74) is 1.86. The fraction of sp³-hybridized carbons (Fsp3) is 0.0714. The Labute approximate surface area is 109 Å². The van der Waals surface area contributed by atoms with Gasteiger partial charge >= 0.3 is 5.97 Å². The van der Waals surface area contributed by atoms with Gasteiger partial charge in [0, 0.05) is 12.1 Å². The van der Waals surface area contributed by atoms with Crippen molar-refractivity contribution in [1.82, 2.24) is 0 Å². The Morgan fingerprint density at radius 1 is 1.11 bits per heavy atom. The van der Waals surface area contributed by atoms with Crippen molar-refractivity contribution in [3.63, 3.8) is 0 Å². The van der Waals surface area contributed by atoms with Gasteiger partial charge in [0.1, 0.15) is 0 Å². The van der Waals surface area contributed by atoms with Crippen molar-refractivity contribution in [3.05, 3.63) is 64.2 Å². The molecule has 0 radical (unpaired) electrons. The van der Waals surface area contributed by atoms with Crippen molar-refractivity contribution in [1.29, 1.82) is 0 Å². The van der Waals surface area contributed by atoms with Crippen molar-refractivity contribution < 1.29 is 14.5 Å². The molecule has 0 aliphatic heterocycles. The van der Waals surface area contributed by atoms with Crippen LogP contribution >= 0.6 is 0 Å². The van der Waals surface area contributed by atoms with E-state index in [1.807, 2.05) is 0 Å². The standard InChI is InChI=1S/C14H11NO4/c1-19-14(16)13-5-3-2-4-12(13)10-6-8-11(9-7-10)15(17)18/h2-9H,1H3. The fourth-order valence-electron chi connectivity index (χ4n) is 1.79. The third kappa shape index (κ3) is 2.60. The molecule has 0 saturated heterocycles. The van der Waals surface area contributed by atoms with E-state index in [0.717, 1.165) is 5.56 Å². The Bertz CT molecular complexity index is 620. The summed E-state index contributed by atoms with van der Waals surface area (Å²) in [5, 5.41) is 10.6. The molecule has 0 aliphatic rings. The summed E-state index contributed by atoms with van der Waals surface area (Å²) in [4.78, 5) is 21.8. The van der Waals surface area contributed by atoms with Gasteiger partial charge in [0.25, 0.3) is 5.69 Å². The summed E-state index contributed by atoms with van der Waals surface area (Å²) in [5.74, 6) is -0.436. The molecule has 2 aromatic carbocycles. The van der Waals surface area contributed by atoms with Crippen LogP contribution in [0, 0.1) is 10.1 Å². The lowest BCUT2D eigenvalue weighted by molar-refractivity contribution is -0.384. The number of methoxy groups -OCH3 is 1. The molecule has 0 saturated carbocycles. The molecule has 0 aliphatic carbocycles. The third-order valence-corrected chi connectivity index (χ3v) is 2.72. The zero-order chi connectivity index (χ0) is 13.8. The highest BCUT2D eigenvalue weighted by molar-refractivity contribution is 5.97. The number of esters is 1. The van der Waals surface area contributed by atoms with E-state index in [2.05, 4.69) is 0 Å². The molecule has 2 rings (SSSR count). The molecule has 0 atom stereocenters. The minimum absolute atomic E-state index is 0.0132. The number of nitrogens with zero attached hydrogens (tertiary/aromatic N) is 1. The minimum atomic E-state index is -0.462. The topological polar surface area (TPSA) is 69.4 Å². The minimum Gasteiger partial charge on any atom is -0.465 e. The first-order chi connectivity index (χ1) is 9.13. The highest BCUT2D eigenvalue weighted by Crippen LogP contribution is 2.26. The van der Waals surface area contributed by atoms with Crippen LogP contribution in [0.3, 0.4) is 0 Å². The van der Waals surface area contributed by atoms with Crippen molar-refractivity contribution in [2.45, 2.75) is 0 Å².